The number of nitrogens with zero attached hydrogens (tertiary/aromatic N) is 3. The van der Waals surface area contributed by atoms with Gasteiger partial charge in [-0.2, -0.15) is 0 Å². The molecule has 4 rings (SSSR count). The monoisotopic (exact) mass is 385 g/mol. The Bertz CT molecular complexity index is 1100. The molecule has 0 bridgehead atoms. The Balaban J connectivity index is 1.45. The minimum atomic E-state index is 0.527. The molecule has 29 heavy (non-hydrogen) atoms. The first-order valence-corrected chi connectivity index (χ1v) is 9.68. The van der Waals surface area contributed by atoms with Crippen LogP contribution in [0.3, 0.4) is 0 Å². The molecule has 2 heterocycles. The Morgan fingerprint density at radius 1 is 1.00 bits per heavy atom. The average Bonchev–Trinajstić information content (AvgIpc) is 3.25. The van der Waals surface area contributed by atoms with Gasteiger partial charge in [0.1, 0.15) is 6.26 Å². The quantitative estimate of drug-likeness (QED) is 0.385. The van der Waals surface area contributed by atoms with Crippen molar-refractivity contribution in [2.45, 2.75) is 20.0 Å². The minimum Gasteiger partial charge on any atom is -0.444 e. The second kappa shape index (κ2) is 9.01. The zero-order valence-corrected chi connectivity index (χ0v) is 16.3. The van der Waals surface area contributed by atoms with Gasteiger partial charge in [-0.25, -0.2) is 9.98 Å². The van der Waals surface area contributed by atoms with Crippen molar-refractivity contribution in [1.29, 1.82) is 0 Å². The van der Waals surface area contributed by atoms with Gasteiger partial charge in [-0.05, 0) is 36.8 Å². The van der Waals surface area contributed by atoms with E-state index in [1.165, 1.54) is 0 Å². The van der Waals surface area contributed by atoms with Crippen molar-refractivity contribution in [1.82, 2.24) is 20.6 Å². The summed E-state index contributed by atoms with van der Waals surface area (Å²) in [6.07, 6.45) is 3.50. The zero-order chi connectivity index (χ0) is 19.9. The Morgan fingerprint density at radius 2 is 1.83 bits per heavy atom. The third-order valence-electron chi connectivity index (χ3n) is 4.50. The molecule has 0 aliphatic carbocycles. The highest BCUT2D eigenvalue weighted by Crippen LogP contribution is 2.18. The predicted octanol–water partition coefficient (Wildman–Crippen LogP) is 4.15. The topological polar surface area (TPSA) is 75.3 Å². The van der Waals surface area contributed by atoms with Crippen molar-refractivity contribution in [3.63, 3.8) is 0 Å². The highest BCUT2D eigenvalue weighted by molar-refractivity contribution is 5.83. The summed E-state index contributed by atoms with van der Waals surface area (Å²) in [5, 5.41) is 7.72. The van der Waals surface area contributed by atoms with Crippen LogP contribution in [0.4, 0.5) is 0 Å². The highest BCUT2D eigenvalue weighted by atomic mass is 16.3. The van der Waals surface area contributed by atoms with E-state index in [9.17, 15) is 0 Å². The molecule has 0 spiro atoms. The highest BCUT2D eigenvalue weighted by Gasteiger charge is 2.07. The van der Waals surface area contributed by atoms with E-state index in [2.05, 4.69) is 26.7 Å². The van der Waals surface area contributed by atoms with Crippen LogP contribution in [0.15, 0.2) is 82.5 Å². The summed E-state index contributed by atoms with van der Waals surface area (Å²) in [5.41, 5.74) is 3.91. The molecule has 0 unspecified atom stereocenters. The van der Waals surface area contributed by atoms with E-state index in [0.29, 0.717) is 19.0 Å². The molecule has 6 heteroatoms. The van der Waals surface area contributed by atoms with Crippen LogP contribution >= 0.6 is 0 Å². The van der Waals surface area contributed by atoms with E-state index in [1.54, 1.807) is 6.26 Å². The third kappa shape index (κ3) is 4.60. The largest absolute Gasteiger partial charge is 0.444 e. The van der Waals surface area contributed by atoms with Crippen molar-refractivity contribution in [3.05, 3.63) is 84.4 Å². The molecule has 0 radical (unpaired) electrons. The fraction of sp³-hybridized carbons (Fsp3) is 0.174. The lowest BCUT2D eigenvalue weighted by molar-refractivity contribution is 0.572. The normalized spacial score (nSPS) is 11.6. The molecule has 0 aliphatic rings. The Morgan fingerprint density at radius 3 is 2.69 bits per heavy atom. The number of pyridine rings is 1. The SMILES string of the molecule is CCNC(=NCc1ccnc2ccccc12)NCc1coc(-c2ccccc2)n1. The van der Waals surface area contributed by atoms with Gasteiger partial charge in [0.2, 0.25) is 5.89 Å². The van der Waals surface area contributed by atoms with Crippen molar-refractivity contribution in [2.75, 3.05) is 6.54 Å². The summed E-state index contributed by atoms with van der Waals surface area (Å²) >= 11 is 0. The van der Waals surface area contributed by atoms with Crippen LogP contribution in [0.25, 0.3) is 22.4 Å². The van der Waals surface area contributed by atoms with Gasteiger partial charge < -0.3 is 15.1 Å². The molecule has 0 fully saturated rings. The Labute approximate surface area is 169 Å². The summed E-state index contributed by atoms with van der Waals surface area (Å²) in [6, 6.07) is 20.0. The molecule has 146 valence electrons. The number of rotatable bonds is 6. The van der Waals surface area contributed by atoms with E-state index in [-0.39, 0.29) is 0 Å². The fourth-order valence-electron chi connectivity index (χ4n) is 3.07. The zero-order valence-electron chi connectivity index (χ0n) is 16.3. The number of hydrogen-bond acceptors (Lipinski definition) is 4. The van der Waals surface area contributed by atoms with Gasteiger partial charge >= 0.3 is 0 Å². The van der Waals surface area contributed by atoms with Gasteiger partial charge in [0, 0.05) is 23.7 Å². The first-order valence-electron chi connectivity index (χ1n) is 9.68. The summed E-state index contributed by atoms with van der Waals surface area (Å²) < 4.78 is 5.60. The number of hydrogen-bond donors (Lipinski definition) is 2. The van der Waals surface area contributed by atoms with E-state index in [0.717, 1.165) is 40.2 Å². The van der Waals surface area contributed by atoms with Crippen LogP contribution in [0.5, 0.6) is 0 Å². The molecule has 2 aromatic heterocycles. The molecular weight excluding hydrogens is 362 g/mol. The van der Waals surface area contributed by atoms with Gasteiger partial charge in [0.05, 0.1) is 24.3 Å². The fourth-order valence-corrected chi connectivity index (χ4v) is 3.07. The molecule has 2 N–H and O–H groups in total. The van der Waals surface area contributed by atoms with Crippen LogP contribution in [-0.2, 0) is 13.1 Å². The number of para-hydroxylation sites is 1. The Hall–Kier alpha value is -3.67. The van der Waals surface area contributed by atoms with Crippen molar-refractivity contribution in [3.8, 4) is 11.5 Å². The number of aromatic nitrogens is 2. The number of oxazole rings is 1. The molecule has 6 nitrogen and oxygen atoms in total. The second-order valence-electron chi connectivity index (χ2n) is 6.55. The Kier molecular flexibility index (Phi) is 5.81. The smallest absolute Gasteiger partial charge is 0.226 e. The summed E-state index contributed by atoms with van der Waals surface area (Å²) in [5.74, 6) is 1.35. The molecule has 0 amide bonds. The third-order valence-corrected chi connectivity index (χ3v) is 4.50. The number of fused-ring (bicyclic) bond motifs is 1. The van der Waals surface area contributed by atoms with Crippen molar-refractivity contribution in [2.24, 2.45) is 4.99 Å². The van der Waals surface area contributed by atoms with Crippen LogP contribution in [0.1, 0.15) is 18.2 Å². The summed E-state index contributed by atoms with van der Waals surface area (Å²) in [4.78, 5) is 13.7. The first-order chi connectivity index (χ1) is 14.3. The molecular formula is C23H23N5O. The molecule has 4 aromatic rings. The van der Waals surface area contributed by atoms with Crippen LogP contribution in [0, 0.1) is 0 Å². The lowest BCUT2D eigenvalue weighted by Gasteiger charge is -2.10. The first kappa shape index (κ1) is 18.7. The molecule has 2 aromatic carbocycles. The van der Waals surface area contributed by atoms with Gasteiger partial charge in [0.25, 0.3) is 0 Å². The van der Waals surface area contributed by atoms with E-state index >= 15 is 0 Å². The predicted molar refractivity (Wildman–Crippen MR) is 115 cm³/mol. The van der Waals surface area contributed by atoms with E-state index in [4.69, 9.17) is 9.41 Å². The van der Waals surface area contributed by atoms with Gasteiger partial charge in [-0.15, -0.1) is 0 Å². The number of guanidine groups is 1. The van der Waals surface area contributed by atoms with Crippen LogP contribution < -0.4 is 10.6 Å². The minimum absolute atomic E-state index is 0.527. The van der Waals surface area contributed by atoms with Gasteiger partial charge in [0.15, 0.2) is 5.96 Å². The summed E-state index contributed by atoms with van der Waals surface area (Å²) in [6.45, 7) is 3.91. The average molecular weight is 385 g/mol. The maximum absolute atomic E-state index is 5.60. The summed E-state index contributed by atoms with van der Waals surface area (Å²) in [7, 11) is 0. The van der Waals surface area contributed by atoms with Gasteiger partial charge in [-0.1, -0.05) is 36.4 Å². The molecule has 0 saturated heterocycles. The molecule has 0 saturated carbocycles. The van der Waals surface area contributed by atoms with Crippen molar-refractivity contribution >= 4 is 16.9 Å². The maximum atomic E-state index is 5.60. The molecule has 0 atom stereocenters. The van der Waals surface area contributed by atoms with Crippen LogP contribution in [-0.4, -0.2) is 22.5 Å². The number of aliphatic imine (C=N–C) groups is 1. The molecule has 0 aliphatic heterocycles. The standard InChI is InChI=1S/C23H23N5O/c1-2-24-23(26-14-18-12-13-25-21-11-7-6-10-20(18)21)27-15-19-16-29-22(28-19)17-8-4-3-5-9-17/h3-13,16H,2,14-15H2,1H3,(H2,24,26,27). The van der Waals surface area contributed by atoms with Gasteiger partial charge in [-0.3, -0.25) is 4.98 Å². The second-order valence-corrected chi connectivity index (χ2v) is 6.55. The number of nitrogens with one attached hydrogen (secondary N) is 2. The maximum Gasteiger partial charge on any atom is 0.226 e. The number of benzene rings is 2. The lowest BCUT2D eigenvalue weighted by Crippen LogP contribution is -2.36. The van der Waals surface area contributed by atoms with E-state index in [1.807, 2.05) is 67.7 Å². The van der Waals surface area contributed by atoms with Crippen molar-refractivity contribution < 1.29 is 4.42 Å². The van der Waals surface area contributed by atoms with E-state index < -0.39 is 0 Å². The van der Waals surface area contributed by atoms with Crippen LogP contribution in [0.2, 0.25) is 0 Å². The lowest BCUT2D eigenvalue weighted by atomic mass is 10.1.